The minimum Gasteiger partial charge on any atom is -0.504 e. The van der Waals surface area contributed by atoms with Gasteiger partial charge in [-0.3, -0.25) is 9.59 Å². The summed E-state index contributed by atoms with van der Waals surface area (Å²) >= 11 is 6.18. The summed E-state index contributed by atoms with van der Waals surface area (Å²) in [6, 6.07) is 9.47. The molecule has 0 radical (unpaired) electrons. The van der Waals surface area contributed by atoms with Crippen LogP contribution < -0.4 is 26.2 Å². The van der Waals surface area contributed by atoms with E-state index >= 15 is 0 Å². The standard InChI is InChI=1S/C22H23ClN4O6S/c1-26-9-11-27(12-10-26)34(31,32)22-13(23)7-8-15(19(22)28)25-18-17(20(29)21(18)30)24-14-5-3-4-6-16(14)33-2/h3-8,24-25,28H,9-12H2,1-2H3. The SMILES string of the molecule is COc1ccccc1Nc1c(Nc2ccc(Cl)c(S(=O)(=O)N3CCN(C)CC3)c2O)c(=O)c1=O. The summed E-state index contributed by atoms with van der Waals surface area (Å²) in [6.07, 6.45) is 0. The number of likely N-dealkylation sites (N-methyl/N-ethyl adjacent to an activating group) is 1. The molecular weight excluding hydrogens is 484 g/mol. The molecule has 0 bridgehead atoms. The van der Waals surface area contributed by atoms with Crippen LogP contribution in [0.5, 0.6) is 11.5 Å². The van der Waals surface area contributed by atoms with E-state index in [0.717, 1.165) is 0 Å². The van der Waals surface area contributed by atoms with Gasteiger partial charge in [-0.1, -0.05) is 23.7 Å². The molecule has 4 rings (SSSR count). The molecule has 0 amide bonds. The molecule has 3 aromatic rings. The number of hydrogen-bond acceptors (Lipinski definition) is 9. The molecular formula is C22H23ClN4O6S. The third kappa shape index (κ3) is 4.23. The molecule has 0 saturated carbocycles. The molecule has 180 valence electrons. The van der Waals surface area contributed by atoms with E-state index in [0.29, 0.717) is 24.5 Å². The van der Waals surface area contributed by atoms with Crippen LogP contribution in [-0.2, 0) is 10.0 Å². The summed E-state index contributed by atoms with van der Waals surface area (Å²) in [5, 5.41) is 16.2. The number of sulfonamides is 1. The van der Waals surface area contributed by atoms with Crippen molar-refractivity contribution in [3.05, 3.63) is 61.9 Å². The van der Waals surface area contributed by atoms with Gasteiger partial charge in [0.15, 0.2) is 5.75 Å². The van der Waals surface area contributed by atoms with E-state index in [1.807, 2.05) is 11.9 Å². The van der Waals surface area contributed by atoms with Crippen molar-refractivity contribution in [3.63, 3.8) is 0 Å². The van der Waals surface area contributed by atoms with Crippen molar-refractivity contribution < 1.29 is 18.3 Å². The molecule has 0 unspecified atom stereocenters. The van der Waals surface area contributed by atoms with Crippen molar-refractivity contribution in [2.75, 3.05) is 51.0 Å². The fourth-order valence-corrected chi connectivity index (χ4v) is 5.71. The molecule has 0 atom stereocenters. The van der Waals surface area contributed by atoms with Crippen LogP contribution in [0.4, 0.5) is 22.7 Å². The second-order valence-electron chi connectivity index (χ2n) is 7.84. The molecule has 3 aromatic carbocycles. The molecule has 0 aromatic heterocycles. The molecule has 1 fully saturated rings. The molecule has 0 aliphatic carbocycles. The number of nitrogens with one attached hydrogen (secondary N) is 2. The predicted molar refractivity (Wildman–Crippen MR) is 130 cm³/mol. The minimum absolute atomic E-state index is 0.0349. The van der Waals surface area contributed by atoms with E-state index in [4.69, 9.17) is 16.3 Å². The highest BCUT2D eigenvalue weighted by Crippen LogP contribution is 2.40. The zero-order valence-corrected chi connectivity index (χ0v) is 20.0. The van der Waals surface area contributed by atoms with Crippen LogP contribution in [0.3, 0.4) is 0 Å². The Hall–Kier alpha value is -3.12. The number of phenols is 1. The normalized spacial score (nSPS) is 15.4. The summed E-state index contributed by atoms with van der Waals surface area (Å²) in [6.45, 7) is 1.57. The summed E-state index contributed by atoms with van der Waals surface area (Å²) < 4.78 is 33.0. The maximum Gasteiger partial charge on any atom is 0.253 e. The molecule has 1 aliphatic heterocycles. The van der Waals surface area contributed by atoms with E-state index < -0.39 is 31.5 Å². The lowest BCUT2D eigenvalue weighted by Crippen LogP contribution is -2.47. The van der Waals surface area contributed by atoms with Crippen LogP contribution in [0.25, 0.3) is 0 Å². The second kappa shape index (κ2) is 9.26. The number of ether oxygens (including phenoxy) is 1. The maximum absolute atomic E-state index is 13.2. The van der Waals surface area contributed by atoms with E-state index in [2.05, 4.69) is 10.6 Å². The van der Waals surface area contributed by atoms with Gasteiger partial charge in [-0.15, -0.1) is 0 Å². The Bertz CT molecular complexity index is 1410. The third-order valence-corrected chi connectivity index (χ3v) is 8.08. The number of para-hydroxylation sites is 2. The van der Waals surface area contributed by atoms with E-state index in [-0.39, 0.29) is 35.2 Å². The first-order chi connectivity index (χ1) is 16.1. The highest BCUT2D eigenvalue weighted by molar-refractivity contribution is 7.89. The van der Waals surface area contributed by atoms with Gasteiger partial charge >= 0.3 is 0 Å². The number of hydrogen-bond donors (Lipinski definition) is 3. The summed E-state index contributed by atoms with van der Waals surface area (Å²) in [4.78, 5) is 26.0. The Labute approximate surface area is 201 Å². The maximum atomic E-state index is 13.2. The van der Waals surface area contributed by atoms with Crippen molar-refractivity contribution in [3.8, 4) is 11.5 Å². The number of aromatic hydroxyl groups is 1. The number of rotatable bonds is 7. The number of nitrogens with zero attached hydrogens (tertiary/aromatic N) is 2. The third-order valence-electron chi connectivity index (χ3n) is 5.68. The van der Waals surface area contributed by atoms with Gasteiger partial charge in [-0.2, -0.15) is 4.31 Å². The summed E-state index contributed by atoms with van der Waals surface area (Å²) in [5.41, 5.74) is -1.34. The van der Waals surface area contributed by atoms with Gasteiger partial charge in [-0.25, -0.2) is 8.42 Å². The van der Waals surface area contributed by atoms with Crippen molar-refractivity contribution in [1.29, 1.82) is 0 Å². The van der Waals surface area contributed by atoms with E-state index in [9.17, 15) is 23.1 Å². The van der Waals surface area contributed by atoms with Crippen molar-refractivity contribution >= 4 is 44.4 Å². The van der Waals surface area contributed by atoms with Gasteiger partial charge in [0.25, 0.3) is 10.9 Å². The highest BCUT2D eigenvalue weighted by Gasteiger charge is 2.33. The fourth-order valence-electron chi connectivity index (χ4n) is 3.70. The Balaban J connectivity index is 1.67. The minimum atomic E-state index is -4.10. The lowest BCUT2D eigenvalue weighted by Gasteiger charge is -2.32. The molecule has 1 saturated heterocycles. The average Bonchev–Trinajstić information content (AvgIpc) is 2.82. The quantitative estimate of drug-likeness (QED) is 0.326. The molecule has 10 nitrogen and oxygen atoms in total. The van der Waals surface area contributed by atoms with Crippen LogP contribution in [0.1, 0.15) is 0 Å². The van der Waals surface area contributed by atoms with Crippen molar-refractivity contribution in [2.45, 2.75) is 4.90 Å². The van der Waals surface area contributed by atoms with Crippen LogP contribution >= 0.6 is 11.6 Å². The molecule has 3 N–H and O–H groups in total. The topological polar surface area (TPSA) is 128 Å². The Morgan fingerprint density at radius 3 is 2.15 bits per heavy atom. The first-order valence-electron chi connectivity index (χ1n) is 10.4. The molecule has 12 heteroatoms. The number of methoxy groups -OCH3 is 1. The van der Waals surface area contributed by atoms with Crippen LogP contribution in [-0.4, -0.2) is 63.1 Å². The van der Waals surface area contributed by atoms with Gasteiger partial charge in [0.2, 0.25) is 10.0 Å². The smallest absolute Gasteiger partial charge is 0.253 e. The number of phenolic OH excluding ortho intramolecular Hbond substituents is 1. The van der Waals surface area contributed by atoms with Crippen LogP contribution in [0, 0.1) is 0 Å². The summed E-state index contributed by atoms with van der Waals surface area (Å²) in [7, 11) is -0.747. The van der Waals surface area contributed by atoms with E-state index in [1.54, 1.807) is 24.3 Å². The largest absolute Gasteiger partial charge is 0.504 e. The highest BCUT2D eigenvalue weighted by atomic mass is 35.5. The van der Waals surface area contributed by atoms with Crippen LogP contribution in [0.2, 0.25) is 5.02 Å². The van der Waals surface area contributed by atoms with Gasteiger partial charge in [-0.05, 0) is 31.3 Å². The lowest BCUT2D eigenvalue weighted by atomic mass is 10.1. The monoisotopic (exact) mass is 506 g/mol. The average molecular weight is 507 g/mol. The number of piperazine rings is 1. The zero-order chi connectivity index (χ0) is 24.6. The van der Waals surface area contributed by atoms with Crippen molar-refractivity contribution in [1.82, 2.24) is 9.21 Å². The molecule has 0 spiro atoms. The Morgan fingerprint density at radius 1 is 0.941 bits per heavy atom. The first kappa shape index (κ1) is 24.0. The first-order valence-corrected chi connectivity index (χ1v) is 12.2. The Kier molecular flexibility index (Phi) is 6.54. The van der Waals surface area contributed by atoms with Gasteiger partial charge < -0.3 is 25.4 Å². The van der Waals surface area contributed by atoms with Gasteiger partial charge in [0, 0.05) is 26.2 Å². The van der Waals surface area contributed by atoms with Crippen molar-refractivity contribution in [2.24, 2.45) is 0 Å². The van der Waals surface area contributed by atoms with Crippen LogP contribution in [0.15, 0.2) is 50.9 Å². The molecule has 1 aliphatic rings. The van der Waals surface area contributed by atoms with Gasteiger partial charge in [0.05, 0.1) is 23.5 Å². The van der Waals surface area contributed by atoms with E-state index in [1.165, 1.54) is 23.5 Å². The van der Waals surface area contributed by atoms with Gasteiger partial charge in [0.1, 0.15) is 22.0 Å². The fraction of sp³-hybridized carbons (Fsp3) is 0.273. The molecule has 1 heterocycles. The summed E-state index contributed by atoms with van der Waals surface area (Å²) in [5.74, 6) is -0.181. The Morgan fingerprint density at radius 2 is 1.53 bits per heavy atom. The second-order valence-corrected chi connectivity index (χ2v) is 10.1. The molecule has 34 heavy (non-hydrogen) atoms. The zero-order valence-electron chi connectivity index (χ0n) is 18.5. The number of halogens is 1. The lowest BCUT2D eigenvalue weighted by molar-refractivity contribution is 0.222. The number of anilines is 4. The predicted octanol–water partition coefficient (Wildman–Crippen LogP) is 2.07. The number of benzene rings is 2.